The van der Waals surface area contributed by atoms with Crippen molar-refractivity contribution in [3.8, 4) is 11.5 Å². The summed E-state index contributed by atoms with van der Waals surface area (Å²) in [4.78, 5) is 12.4. The van der Waals surface area contributed by atoms with Gasteiger partial charge >= 0.3 is 0 Å². The summed E-state index contributed by atoms with van der Waals surface area (Å²) in [6, 6.07) is 15.0. The molecule has 2 atom stereocenters. The molecule has 0 aliphatic carbocycles. The Hall–Kier alpha value is -2.49. The molecule has 21 heavy (non-hydrogen) atoms. The standard InChI is InChI=1S/C17H17NO3/c1-11-6-5-7-13(10-11)18-17(19)16-12(2)20-14-8-3-4-9-15(14)21-16/h3-10,12,16H,1-2H3,(H,18,19). The molecule has 0 bridgehead atoms. The zero-order valence-corrected chi connectivity index (χ0v) is 12.0. The maximum absolute atomic E-state index is 12.4. The lowest BCUT2D eigenvalue weighted by Gasteiger charge is -2.31. The topological polar surface area (TPSA) is 47.6 Å². The highest BCUT2D eigenvalue weighted by Crippen LogP contribution is 2.33. The smallest absolute Gasteiger partial charge is 0.269 e. The van der Waals surface area contributed by atoms with E-state index in [0.717, 1.165) is 11.3 Å². The molecular weight excluding hydrogens is 266 g/mol. The van der Waals surface area contributed by atoms with Crippen molar-refractivity contribution in [2.45, 2.75) is 26.1 Å². The molecule has 2 aromatic rings. The number of carbonyl (C=O) groups is 1. The molecule has 0 saturated heterocycles. The second kappa shape index (κ2) is 5.48. The normalized spacial score (nSPS) is 19.9. The molecule has 3 rings (SSSR count). The van der Waals surface area contributed by atoms with E-state index in [0.29, 0.717) is 11.5 Å². The SMILES string of the molecule is Cc1cccc(NC(=O)C2Oc3ccccc3OC2C)c1. The molecule has 2 aromatic carbocycles. The van der Waals surface area contributed by atoms with Gasteiger partial charge in [-0.05, 0) is 43.7 Å². The first-order valence-electron chi connectivity index (χ1n) is 6.93. The van der Waals surface area contributed by atoms with Gasteiger partial charge in [0.1, 0.15) is 6.10 Å². The minimum atomic E-state index is -0.666. The summed E-state index contributed by atoms with van der Waals surface area (Å²) in [5, 5.41) is 2.87. The summed E-state index contributed by atoms with van der Waals surface area (Å²) < 4.78 is 11.5. The van der Waals surface area contributed by atoms with Gasteiger partial charge in [-0.1, -0.05) is 24.3 Å². The molecule has 0 radical (unpaired) electrons. The summed E-state index contributed by atoms with van der Waals surface area (Å²) >= 11 is 0. The van der Waals surface area contributed by atoms with Crippen molar-refractivity contribution < 1.29 is 14.3 Å². The third kappa shape index (κ3) is 2.84. The monoisotopic (exact) mass is 283 g/mol. The fraction of sp³-hybridized carbons (Fsp3) is 0.235. The Morgan fingerprint density at radius 2 is 1.76 bits per heavy atom. The van der Waals surface area contributed by atoms with Crippen molar-refractivity contribution >= 4 is 11.6 Å². The number of hydrogen-bond acceptors (Lipinski definition) is 3. The molecule has 1 aliphatic rings. The van der Waals surface area contributed by atoms with E-state index < -0.39 is 6.10 Å². The third-order valence-electron chi connectivity index (χ3n) is 3.39. The van der Waals surface area contributed by atoms with Crippen LogP contribution in [0.2, 0.25) is 0 Å². The molecule has 108 valence electrons. The van der Waals surface area contributed by atoms with E-state index in [1.807, 2.05) is 56.3 Å². The fourth-order valence-electron chi connectivity index (χ4n) is 2.34. The lowest BCUT2D eigenvalue weighted by molar-refractivity contribution is -0.128. The first kappa shape index (κ1) is 13.5. The van der Waals surface area contributed by atoms with Crippen molar-refractivity contribution in [2.24, 2.45) is 0 Å². The number of aryl methyl sites for hydroxylation is 1. The van der Waals surface area contributed by atoms with E-state index >= 15 is 0 Å². The number of rotatable bonds is 2. The Kier molecular flexibility index (Phi) is 3.52. The highest BCUT2D eigenvalue weighted by Gasteiger charge is 2.34. The van der Waals surface area contributed by atoms with E-state index in [2.05, 4.69) is 5.32 Å². The van der Waals surface area contributed by atoms with Gasteiger partial charge in [0.2, 0.25) is 6.10 Å². The van der Waals surface area contributed by atoms with Gasteiger partial charge in [-0.25, -0.2) is 0 Å². The van der Waals surface area contributed by atoms with Crippen LogP contribution in [0.4, 0.5) is 5.69 Å². The van der Waals surface area contributed by atoms with Crippen LogP contribution in [0.1, 0.15) is 12.5 Å². The maximum Gasteiger partial charge on any atom is 0.269 e. The van der Waals surface area contributed by atoms with Crippen molar-refractivity contribution in [3.63, 3.8) is 0 Å². The Morgan fingerprint density at radius 3 is 2.48 bits per heavy atom. The van der Waals surface area contributed by atoms with Gasteiger partial charge in [0, 0.05) is 5.69 Å². The van der Waals surface area contributed by atoms with Gasteiger partial charge in [-0.2, -0.15) is 0 Å². The predicted molar refractivity (Wildman–Crippen MR) is 80.8 cm³/mol. The summed E-state index contributed by atoms with van der Waals surface area (Å²) in [5.41, 5.74) is 1.85. The molecule has 1 aliphatic heterocycles. The number of fused-ring (bicyclic) bond motifs is 1. The molecule has 0 aromatic heterocycles. The fourth-order valence-corrected chi connectivity index (χ4v) is 2.34. The van der Waals surface area contributed by atoms with Crippen molar-refractivity contribution in [1.29, 1.82) is 0 Å². The first-order valence-corrected chi connectivity index (χ1v) is 6.93. The van der Waals surface area contributed by atoms with Crippen LogP contribution in [0.15, 0.2) is 48.5 Å². The Balaban J connectivity index is 1.76. The van der Waals surface area contributed by atoms with E-state index in [1.54, 1.807) is 6.07 Å². The van der Waals surface area contributed by atoms with Crippen LogP contribution >= 0.6 is 0 Å². The molecule has 2 unspecified atom stereocenters. The largest absolute Gasteiger partial charge is 0.482 e. The minimum Gasteiger partial charge on any atom is -0.482 e. The van der Waals surface area contributed by atoms with Gasteiger partial charge in [0.15, 0.2) is 11.5 Å². The Morgan fingerprint density at radius 1 is 1.05 bits per heavy atom. The number of para-hydroxylation sites is 2. The van der Waals surface area contributed by atoms with Crippen LogP contribution in [0.25, 0.3) is 0 Å². The lowest BCUT2D eigenvalue weighted by atomic mass is 10.1. The second-order valence-corrected chi connectivity index (χ2v) is 5.17. The van der Waals surface area contributed by atoms with E-state index in [4.69, 9.17) is 9.47 Å². The van der Waals surface area contributed by atoms with Crippen LogP contribution in [-0.2, 0) is 4.79 Å². The van der Waals surface area contributed by atoms with Gasteiger partial charge in [-0.15, -0.1) is 0 Å². The van der Waals surface area contributed by atoms with Gasteiger partial charge < -0.3 is 14.8 Å². The molecule has 1 N–H and O–H groups in total. The van der Waals surface area contributed by atoms with Crippen molar-refractivity contribution in [2.75, 3.05) is 5.32 Å². The number of nitrogens with one attached hydrogen (secondary N) is 1. The molecule has 1 amide bonds. The van der Waals surface area contributed by atoms with Crippen molar-refractivity contribution in [3.05, 3.63) is 54.1 Å². The number of hydrogen-bond donors (Lipinski definition) is 1. The van der Waals surface area contributed by atoms with Crippen LogP contribution in [0.3, 0.4) is 0 Å². The number of anilines is 1. The average molecular weight is 283 g/mol. The molecule has 0 saturated carbocycles. The number of benzene rings is 2. The quantitative estimate of drug-likeness (QED) is 0.921. The number of ether oxygens (including phenoxy) is 2. The predicted octanol–water partition coefficient (Wildman–Crippen LogP) is 3.16. The molecule has 1 heterocycles. The van der Waals surface area contributed by atoms with Gasteiger partial charge in [0.05, 0.1) is 0 Å². The van der Waals surface area contributed by atoms with Crippen LogP contribution < -0.4 is 14.8 Å². The Labute approximate surface area is 123 Å². The van der Waals surface area contributed by atoms with Crippen LogP contribution in [0.5, 0.6) is 11.5 Å². The summed E-state index contributed by atoms with van der Waals surface area (Å²) in [5.74, 6) is 1.06. The first-order chi connectivity index (χ1) is 10.1. The third-order valence-corrected chi connectivity index (χ3v) is 3.39. The number of carbonyl (C=O) groups excluding carboxylic acids is 1. The molecule has 0 spiro atoms. The number of amides is 1. The minimum absolute atomic E-state index is 0.206. The molecule has 4 heteroatoms. The lowest BCUT2D eigenvalue weighted by Crippen LogP contribution is -2.46. The summed E-state index contributed by atoms with van der Waals surface area (Å²) in [7, 11) is 0. The molecule has 4 nitrogen and oxygen atoms in total. The van der Waals surface area contributed by atoms with Gasteiger partial charge in [0.25, 0.3) is 5.91 Å². The molecule has 0 fully saturated rings. The zero-order chi connectivity index (χ0) is 14.8. The van der Waals surface area contributed by atoms with Crippen LogP contribution in [0, 0.1) is 6.92 Å². The summed E-state index contributed by atoms with van der Waals surface area (Å²) in [6.45, 7) is 3.81. The highest BCUT2D eigenvalue weighted by atomic mass is 16.6. The van der Waals surface area contributed by atoms with Gasteiger partial charge in [-0.3, -0.25) is 4.79 Å². The second-order valence-electron chi connectivity index (χ2n) is 5.17. The highest BCUT2D eigenvalue weighted by molar-refractivity contribution is 5.95. The van der Waals surface area contributed by atoms with E-state index in [9.17, 15) is 4.79 Å². The van der Waals surface area contributed by atoms with E-state index in [-0.39, 0.29) is 12.0 Å². The maximum atomic E-state index is 12.4. The van der Waals surface area contributed by atoms with Crippen LogP contribution in [-0.4, -0.2) is 18.1 Å². The Bertz CT molecular complexity index is 669. The van der Waals surface area contributed by atoms with E-state index in [1.165, 1.54) is 0 Å². The summed E-state index contributed by atoms with van der Waals surface area (Å²) in [6.07, 6.45) is -1.01. The van der Waals surface area contributed by atoms with Crippen molar-refractivity contribution in [1.82, 2.24) is 0 Å². The zero-order valence-electron chi connectivity index (χ0n) is 12.0. The molecular formula is C17H17NO3. The average Bonchev–Trinajstić information content (AvgIpc) is 2.46.